The SMILES string of the molecule is CC[Si](CC)(CC)OC1CCCCN(C(=O)OCc2ccccc2)[C@@H](CC(C)C)C(=O)N2C[C@]3(C[C@H]2C(N)=O)C(=O)Nc2ccc1cc23. The Labute approximate surface area is 285 Å². The van der Waals surface area contributed by atoms with E-state index in [0.717, 1.165) is 47.7 Å². The molecule has 0 saturated carbocycles. The minimum Gasteiger partial charge on any atom is -0.445 e. The zero-order valence-corrected chi connectivity index (χ0v) is 30.1. The summed E-state index contributed by atoms with van der Waals surface area (Å²) < 4.78 is 12.9. The molecule has 48 heavy (non-hydrogen) atoms. The molecular formula is C37H52N4O6Si. The Morgan fingerprint density at radius 2 is 1.75 bits per heavy atom. The molecule has 3 heterocycles. The van der Waals surface area contributed by atoms with Gasteiger partial charge in [0, 0.05) is 18.8 Å². The Morgan fingerprint density at radius 1 is 1.04 bits per heavy atom. The molecule has 3 aliphatic heterocycles. The molecule has 3 aliphatic rings. The molecule has 0 radical (unpaired) electrons. The van der Waals surface area contributed by atoms with Crippen LogP contribution < -0.4 is 11.1 Å². The van der Waals surface area contributed by atoms with E-state index in [9.17, 15) is 19.2 Å². The van der Waals surface area contributed by atoms with Crippen LogP contribution >= 0.6 is 0 Å². The van der Waals surface area contributed by atoms with Gasteiger partial charge in [-0.25, -0.2) is 4.79 Å². The summed E-state index contributed by atoms with van der Waals surface area (Å²) in [6.45, 7) is 11.0. The van der Waals surface area contributed by atoms with E-state index in [-0.39, 0.29) is 43.4 Å². The van der Waals surface area contributed by atoms with Crippen molar-refractivity contribution in [1.29, 1.82) is 0 Å². The molecule has 3 N–H and O–H groups in total. The summed E-state index contributed by atoms with van der Waals surface area (Å²) in [7, 11) is -2.03. The molecule has 11 heteroatoms. The summed E-state index contributed by atoms with van der Waals surface area (Å²) >= 11 is 0. The Kier molecular flexibility index (Phi) is 11.0. The third-order valence-corrected chi connectivity index (χ3v) is 15.5. The Hall–Kier alpha value is -3.70. The van der Waals surface area contributed by atoms with Gasteiger partial charge in [0.15, 0.2) is 8.32 Å². The number of nitrogens with one attached hydrogen (secondary N) is 1. The molecule has 0 aliphatic carbocycles. The fourth-order valence-corrected chi connectivity index (χ4v) is 10.6. The highest BCUT2D eigenvalue weighted by Gasteiger charge is 2.58. The zero-order chi connectivity index (χ0) is 34.6. The summed E-state index contributed by atoms with van der Waals surface area (Å²) in [6, 6.07) is 16.6. The third-order valence-electron chi connectivity index (χ3n) is 10.8. The van der Waals surface area contributed by atoms with Crippen LogP contribution in [-0.4, -0.2) is 67.1 Å². The number of primary amides is 1. The molecule has 1 unspecified atom stereocenters. The van der Waals surface area contributed by atoms with Crippen molar-refractivity contribution in [3.63, 3.8) is 0 Å². The standard InChI is InChI=1S/C37H52N4O6Si/c1-6-48(7-2,8-3)47-32-16-12-13-19-40(36(45)46-23-26-14-10-9-11-15-26)30(20-25(4)5)34(43)41-24-37(22-31(41)33(38)42)28-21-27(32)17-18-29(28)39-35(37)44/h9-11,14-15,17-18,21,25,30-32H,6-8,12-13,16,19-20,22-24H2,1-5H3,(H2,38,42)(H,39,44)/t30-,31-,32?,37-/m0/s1. The van der Waals surface area contributed by atoms with Crippen molar-refractivity contribution >= 4 is 37.8 Å². The van der Waals surface area contributed by atoms with E-state index < -0.39 is 37.8 Å². The van der Waals surface area contributed by atoms with E-state index in [1.54, 1.807) is 4.90 Å². The summed E-state index contributed by atoms with van der Waals surface area (Å²) in [6.07, 6.45) is 1.79. The van der Waals surface area contributed by atoms with Crippen LogP contribution in [0.4, 0.5) is 10.5 Å². The first kappa shape index (κ1) is 35.6. The van der Waals surface area contributed by atoms with Crippen LogP contribution in [0.25, 0.3) is 0 Å². The van der Waals surface area contributed by atoms with Gasteiger partial charge in [0.05, 0.1) is 11.5 Å². The average molecular weight is 677 g/mol. The first-order valence-electron chi connectivity index (χ1n) is 17.7. The van der Waals surface area contributed by atoms with Gasteiger partial charge in [-0.15, -0.1) is 0 Å². The fourth-order valence-electron chi connectivity index (χ4n) is 7.77. The second-order valence-electron chi connectivity index (χ2n) is 14.2. The van der Waals surface area contributed by atoms with Crippen molar-refractivity contribution in [2.24, 2.45) is 11.7 Å². The smallest absolute Gasteiger partial charge is 0.410 e. The molecule has 4 bridgehead atoms. The van der Waals surface area contributed by atoms with Gasteiger partial charge in [0.1, 0.15) is 18.7 Å². The molecule has 4 amide bonds. The maximum absolute atomic E-state index is 14.6. The predicted octanol–water partition coefficient (Wildman–Crippen LogP) is 6.26. The van der Waals surface area contributed by atoms with Crippen LogP contribution in [0.3, 0.4) is 0 Å². The van der Waals surface area contributed by atoms with Crippen LogP contribution in [0.15, 0.2) is 48.5 Å². The number of anilines is 1. The van der Waals surface area contributed by atoms with E-state index in [2.05, 4.69) is 32.2 Å². The Balaban J connectivity index is 1.58. The number of carbonyl (C=O) groups excluding carboxylic acids is 4. The minimum absolute atomic E-state index is 0.00762. The second kappa shape index (κ2) is 14.8. The molecule has 5 rings (SSSR count). The maximum atomic E-state index is 14.6. The van der Waals surface area contributed by atoms with Crippen molar-refractivity contribution in [1.82, 2.24) is 9.80 Å². The van der Waals surface area contributed by atoms with Crippen LogP contribution in [0.5, 0.6) is 0 Å². The summed E-state index contributed by atoms with van der Waals surface area (Å²) in [5, 5.41) is 3.03. The lowest BCUT2D eigenvalue weighted by molar-refractivity contribution is -0.142. The molecular weight excluding hydrogens is 625 g/mol. The van der Waals surface area contributed by atoms with Gasteiger partial charge in [0.2, 0.25) is 17.7 Å². The minimum atomic E-state index is -2.03. The number of benzene rings is 2. The van der Waals surface area contributed by atoms with E-state index in [1.165, 1.54) is 4.90 Å². The molecule has 0 aromatic heterocycles. The van der Waals surface area contributed by atoms with Crippen LogP contribution in [0, 0.1) is 5.92 Å². The topological polar surface area (TPSA) is 131 Å². The number of hydrogen-bond donors (Lipinski definition) is 2. The predicted molar refractivity (Wildman–Crippen MR) is 188 cm³/mol. The Bertz CT molecular complexity index is 1490. The number of rotatable bonds is 10. The van der Waals surface area contributed by atoms with E-state index in [1.807, 2.05) is 56.3 Å². The Morgan fingerprint density at radius 3 is 2.40 bits per heavy atom. The van der Waals surface area contributed by atoms with Crippen molar-refractivity contribution in [2.75, 3.05) is 18.4 Å². The highest BCUT2D eigenvalue weighted by Crippen LogP contribution is 2.48. The lowest BCUT2D eigenvalue weighted by Gasteiger charge is -2.36. The third kappa shape index (κ3) is 7.03. The molecule has 1 fully saturated rings. The maximum Gasteiger partial charge on any atom is 0.410 e. The van der Waals surface area contributed by atoms with Crippen molar-refractivity contribution in [2.45, 2.75) is 115 Å². The molecule has 260 valence electrons. The van der Waals surface area contributed by atoms with Gasteiger partial charge in [-0.3, -0.25) is 19.3 Å². The van der Waals surface area contributed by atoms with Crippen molar-refractivity contribution in [3.8, 4) is 0 Å². The number of carbonyl (C=O) groups is 4. The summed E-state index contributed by atoms with van der Waals surface area (Å²) in [5.41, 5.74) is 8.11. The number of ether oxygens (including phenoxy) is 1. The zero-order valence-electron chi connectivity index (χ0n) is 29.1. The number of hydrogen-bond acceptors (Lipinski definition) is 6. The van der Waals surface area contributed by atoms with Crippen LogP contribution in [0.1, 0.15) is 89.5 Å². The van der Waals surface area contributed by atoms with Crippen molar-refractivity contribution < 1.29 is 28.3 Å². The van der Waals surface area contributed by atoms with Crippen LogP contribution in [-0.2, 0) is 35.6 Å². The van der Waals surface area contributed by atoms with E-state index in [4.69, 9.17) is 14.9 Å². The van der Waals surface area contributed by atoms with Gasteiger partial charge in [-0.1, -0.05) is 77.1 Å². The van der Waals surface area contributed by atoms with Gasteiger partial charge in [-0.05, 0) is 78.9 Å². The van der Waals surface area contributed by atoms with Gasteiger partial charge in [0.25, 0.3) is 0 Å². The number of nitrogens with zero attached hydrogens (tertiary/aromatic N) is 2. The van der Waals surface area contributed by atoms with Gasteiger partial charge < -0.3 is 25.1 Å². The monoisotopic (exact) mass is 676 g/mol. The molecule has 10 nitrogen and oxygen atoms in total. The highest BCUT2D eigenvalue weighted by atomic mass is 28.4. The van der Waals surface area contributed by atoms with Gasteiger partial charge in [-0.2, -0.15) is 0 Å². The quantitative estimate of drug-likeness (QED) is 0.286. The lowest BCUT2D eigenvalue weighted by atomic mass is 9.78. The highest BCUT2D eigenvalue weighted by molar-refractivity contribution is 6.73. The number of amides is 4. The van der Waals surface area contributed by atoms with E-state index >= 15 is 0 Å². The largest absolute Gasteiger partial charge is 0.445 e. The lowest BCUT2D eigenvalue weighted by Crippen LogP contribution is -2.55. The second-order valence-corrected chi connectivity index (χ2v) is 18.9. The number of nitrogens with two attached hydrogens (primary N) is 1. The first-order valence-corrected chi connectivity index (χ1v) is 20.2. The van der Waals surface area contributed by atoms with Gasteiger partial charge >= 0.3 is 6.09 Å². The summed E-state index contributed by atoms with van der Waals surface area (Å²) in [4.78, 5) is 58.5. The average Bonchev–Trinajstić information content (AvgIpc) is 3.62. The fraction of sp³-hybridized carbons (Fsp3) is 0.568. The molecule has 4 atom stereocenters. The van der Waals surface area contributed by atoms with Crippen LogP contribution in [0.2, 0.25) is 18.1 Å². The summed E-state index contributed by atoms with van der Waals surface area (Å²) in [5.74, 6) is -1.26. The first-order chi connectivity index (χ1) is 23.0. The molecule has 2 aromatic rings. The molecule has 1 spiro atoms. The molecule has 1 saturated heterocycles. The molecule has 2 aromatic carbocycles. The normalized spacial score (nSPS) is 24.4. The van der Waals surface area contributed by atoms with E-state index in [0.29, 0.717) is 25.1 Å². The number of fused-ring (bicyclic) bond motifs is 2. The van der Waals surface area contributed by atoms with Crippen molar-refractivity contribution in [3.05, 3.63) is 65.2 Å².